The highest BCUT2D eigenvalue weighted by Gasteiger charge is 2.67. The van der Waals surface area contributed by atoms with Gasteiger partial charge in [0.15, 0.2) is 0 Å². The molecule has 0 bridgehead atoms. The molecular weight excluding hydrogens is 471 g/mol. The second-order valence-corrected chi connectivity index (χ2v) is 7.95. The van der Waals surface area contributed by atoms with Crippen molar-refractivity contribution in [2.45, 2.75) is 49.8 Å². The van der Waals surface area contributed by atoms with Crippen LogP contribution < -0.4 is 5.32 Å². The summed E-state index contributed by atoms with van der Waals surface area (Å²) in [6, 6.07) is 0. The van der Waals surface area contributed by atoms with Crippen molar-refractivity contribution in [3.63, 3.8) is 0 Å². The molecule has 182 valence electrons. The molecule has 2 N–H and O–H groups in total. The molecule has 0 saturated heterocycles. The lowest BCUT2D eigenvalue weighted by Gasteiger charge is -2.33. The average Bonchev–Trinajstić information content (AvgIpc) is 2.59. The maximum absolute atomic E-state index is 13.6. The molecule has 0 aliphatic heterocycles. The monoisotopic (exact) mass is 491 g/mol. The topological polar surface area (TPSA) is 119 Å². The van der Waals surface area contributed by atoms with Crippen LogP contribution in [0.3, 0.4) is 0 Å². The van der Waals surface area contributed by atoms with E-state index in [1.54, 1.807) is 5.32 Å². The Labute approximate surface area is 172 Å². The summed E-state index contributed by atoms with van der Waals surface area (Å²) in [5.41, 5.74) is 0. The quantitative estimate of drug-likeness (QED) is 0.108. The average molecular weight is 491 g/mol. The molecule has 16 heteroatoms. The van der Waals surface area contributed by atoms with E-state index in [9.17, 15) is 48.7 Å². The van der Waals surface area contributed by atoms with Gasteiger partial charge < -0.3 is 14.8 Å². The number of halogens is 7. The standard InChI is InChI=1S/C15H20F7NO7S/c1-4-10(24)30-13(14(18,19)20,11(25)23-8-9(2)3)29-7-5-6-12(16,17)15(21,22)31(26,27)28/h4,9H,1,5-8H2,2-3H3,(H,23,25)(H,26,27,28). The van der Waals surface area contributed by atoms with Gasteiger partial charge in [0.25, 0.3) is 0 Å². The highest BCUT2D eigenvalue weighted by molar-refractivity contribution is 7.87. The molecule has 1 amide bonds. The first-order valence-corrected chi connectivity index (χ1v) is 9.76. The number of hydrogen-bond donors (Lipinski definition) is 2. The molecule has 0 aromatic heterocycles. The van der Waals surface area contributed by atoms with Gasteiger partial charge >= 0.3 is 45.1 Å². The minimum absolute atomic E-state index is 0.250. The summed E-state index contributed by atoms with van der Waals surface area (Å²) in [5, 5.41) is -4.16. The summed E-state index contributed by atoms with van der Waals surface area (Å²) < 4.78 is 131. The van der Waals surface area contributed by atoms with Crippen molar-refractivity contribution in [3.05, 3.63) is 12.7 Å². The van der Waals surface area contributed by atoms with Gasteiger partial charge in [-0.3, -0.25) is 9.35 Å². The van der Waals surface area contributed by atoms with Crippen molar-refractivity contribution in [3.8, 4) is 0 Å². The maximum Gasteiger partial charge on any atom is 0.466 e. The van der Waals surface area contributed by atoms with Crippen LogP contribution in [-0.4, -0.2) is 61.1 Å². The summed E-state index contributed by atoms with van der Waals surface area (Å²) in [5.74, 6) is -13.9. The van der Waals surface area contributed by atoms with Gasteiger partial charge in [0, 0.05) is 19.0 Å². The van der Waals surface area contributed by atoms with E-state index in [-0.39, 0.29) is 18.5 Å². The van der Waals surface area contributed by atoms with Gasteiger partial charge in [-0.2, -0.15) is 39.2 Å². The molecular formula is C15H20F7NO7S. The fourth-order valence-corrected chi connectivity index (χ4v) is 2.33. The fraction of sp³-hybridized carbons (Fsp3) is 0.733. The lowest BCUT2D eigenvalue weighted by Crippen LogP contribution is -2.61. The van der Waals surface area contributed by atoms with Crippen LogP contribution in [0.2, 0.25) is 0 Å². The molecule has 0 radical (unpaired) electrons. The largest absolute Gasteiger partial charge is 0.466 e. The Morgan fingerprint density at radius 1 is 1.13 bits per heavy atom. The molecule has 0 aromatic carbocycles. The molecule has 0 rings (SSSR count). The Bertz CT molecular complexity index is 768. The second kappa shape index (κ2) is 10.1. The smallest absolute Gasteiger partial charge is 0.412 e. The summed E-state index contributed by atoms with van der Waals surface area (Å²) >= 11 is 0. The third kappa shape index (κ3) is 7.03. The molecule has 1 unspecified atom stereocenters. The van der Waals surface area contributed by atoms with E-state index in [1.165, 1.54) is 13.8 Å². The molecule has 1 atom stereocenters. The summed E-state index contributed by atoms with van der Waals surface area (Å²) in [7, 11) is -6.55. The van der Waals surface area contributed by atoms with Crippen LogP contribution >= 0.6 is 0 Å². The Morgan fingerprint density at radius 3 is 2.03 bits per heavy atom. The minimum Gasteiger partial charge on any atom is -0.412 e. The normalized spacial score (nSPS) is 15.3. The van der Waals surface area contributed by atoms with Crippen molar-refractivity contribution < 1.29 is 62.8 Å². The number of carbonyl (C=O) groups excluding carboxylic acids is 2. The fourth-order valence-electron chi connectivity index (χ4n) is 1.85. The van der Waals surface area contributed by atoms with E-state index in [0.29, 0.717) is 0 Å². The zero-order valence-corrected chi connectivity index (χ0v) is 17.0. The van der Waals surface area contributed by atoms with Gasteiger partial charge in [-0.05, 0) is 12.3 Å². The molecule has 0 spiro atoms. The number of hydrogen-bond acceptors (Lipinski definition) is 6. The molecule has 8 nitrogen and oxygen atoms in total. The van der Waals surface area contributed by atoms with E-state index < -0.39 is 64.6 Å². The molecule has 0 aliphatic rings. The number of esters is 1. The maximum atomic E-state index is 13.6. The highest BCUT2D eigenvalue weighted by Crippen LogP contribution is 2.42. The van der Waals surface area contributed by atoms with Crippen LogP contribution in [0.4, 0.5) is 30.7 Å². The summed E-state index contributed by atoms with van der Waals surface area (Å²) in [6.45, 7) is 4.01. The van der Waals surface area contributed by atoms with Crippen LogP contribution in [-0.2, 0) is 29.2 Å². The lowest BCUT2D eigenvalue weighted by atomic mass is 10.1. The first kappa shape index (κ1) is 29.1. The number of alkyl halides is 7. The number of nitrogens with one attached hydrogen (secondary N) is 1. The Hall–Kier alpha value is -1.94. The summed E-state index contributed by atoms with van der Waals surface area (Å²) in [6.07, 6.45) is -8.93. The van der Waals surface area contributed by atoms with E-state index in [2.05, 4.69) is 16.1 Å². The van der Waals surface area contributed by atoms with Crippen molar-refractivity contribution in [2.24, 2.45) is 5.92 Å². The van der Waals surface area contributed by atoms with Gasteiger partial charge in [-0.15, -0.1) is 0 Å². The van der Waals surface area contributed by atoms with Gasteiger partial charge in [-0.25, -0.2) is 4.79 Å². The predicted octanol–water partition coefficient (Wildman–Crippen LogP) is 2.66. The van der Waals surface area contributed by atoms with Gasteiger partial charge in [0.2, 0.25) is 0 Å². The Balaban J connectivity index is 5.67. The van der Waals surface area contributed by atoms with Crippen LogP contribution in [0.15, 0.2) is 12.7 Å². The molecule has 0 saturated carbocycles. The first-order valence-electron chi connectivity index (χ1n) is 8.32. The number of rotatable bonds is 12. The van der Waals surface area contributed by atoms with E-state index in [1.807, 2.05) is 0 Å². The van der Waals surface area contributed by atoms with Crippen molar-refractivity contribution in [1.29, 1.82) is 0 Å². The van der Waals surface area contributed by atoms with Gasteiger partial charge in [-0.1, -0.05) is 20.4 Å². The molecule has 31 heavy (non-hydrogen) atoms. The summed E-state index contributed by atoms with van der Waals surface area (Å²) in [4.78, 5) is 23.4. The lowest BCUT2D eigenvalue weighted by molar-refractivity contribution is -0.347. The van der Waals surface area contributed by atoms with Crippen molar-refractivity contribution in [2.75, 3.05) is 13.2 Å². The molecule has 0 fully saturated rings. The number of amides is 1. The third-order valence-corrected chi connectivity index (χ3v) is 4.39. The van der Waals surface area contributed by atoms with Crippen molar-refractivity contribution >= 4 is 22.0 Å². The van der Waals surface area contributed by atoms with Gasteiger partial charge in [0.05, 0.1) is 6.61 Å². The highest BCUT2D eigenvalue weighted by atomic mass is 32.2. The van der Waals surface area contributed by atoms with E-state index in [4.69, 9.17) is 4.55 Å². The Morgan fingerprint density at radius 2 is 1.65 bits per heavy atom. The first-order chi connectivity index (χ1) is 13.7. The van der Waals surface area contributed by atoms with Crippen molar-refractivity contribution in [1.82, 2.24) is 5.32 Å². The molecule has 0 heterocycles. The predicted molar refractivity (Wildman–Crippen MR) is 89.6 cm³/mol. The van der Waals surface area contributed by atoms with E-state index >= 15 is 0 Å². The van der Waals surface area contributed by atoms with E-state index in [0.717, 1.165) is 0 Å². The zero-order valence-electron chi connectivity index (χ0n) is 16.1. The van der Waals surface area contributed by atoms with Gasteiger partial charge in [0.1, 0.15) is 0 Å². The van der Waals surface area contributed by atoms with Crippen LogP contribution in [0, 0.1) is 5.92 Å². The molecule has 0 aromatic rings. The molecule has 0 aliphatic carbocycles. The Kier molecular flexibility index (Phi) is 9.49. The van der Waals surface area contributed by atoms with Crippen LogP contribution in [0.25, 0.3) is 0 Å². The van der Waals surface area contributed by atoms with Crippen LogP contribution in [0.5, 0.6) is 0 Å². The number of ether oxygens (including phenoxy) is 2. The second-order valence-electron chi connectivity index (χ2n) is 6.49. The third-order valence-electron chi connectivity index (χ3n) is 3.44. The SMILES string of the molecule is C=CC(=O)OC(OCCCC(F)(F)C(F)(F)S(=O)(=O)O)(C(=O)NCC(C)C)C(F)(F)F. The minimum atomic E-state index is -6.55. The zero-order chi connectivity index (χ0) is 24.9. The van der Waals surface area contributed by atoms with Crippen LogP contribution in [0.1, 0.15) is 26.7 Å². The number of carbonyl (C=O) groups is 2.